The van der Waals surface area contributed by atoms with Crippen LogP contribution in [0.2, 0.25) is 0 Å². The molecule has 1 aliphatic carbocycles. The van der Waals surface area contributed by atoms with Gasteiger partial charge in [-0.15, -0.1) is 0 Å². The van der Waals surface area contributed by atoms with Crippen molar-refractivity contribution in [1.82, 2.24) is 15.1 Å². The molecule has 1 aliphatic heterocycles. The van der Waals surface area contributed by atoms with Gasteiger partial charge in [0.25, 0.3) is 0 Å². The first-order chi connectivity index (χ1) is 11.6. The average Bonchev–Trinajstić information content (AvgIpc) is 3.08. The van der Waals surface area contributed by atoms with Gasteiger partial charge in [0, 0.05) is 32.2 Å². The van der Waals surface area contributed by atoms with Crippen LogP contribution in [0.3, 0.4) is 0 Å². The van der Waals surface area contributed by atoms with Gasteiger partial charge in [0.1, 0.15) is 0 Å². The number of carbonyl (C=O) groups excluding carboxylic acids is 2. The maximum absolute atomic E-state index is 12.4. The van der Waals surface area contributed by atoms with Crippen molar-refractivity contribution in [2.24, 2.45) is 0 Å². The summed E-state index contributed by atoms with van der Waals surface area (Å²) in [6, 6.07) is 8.46. The molecule has 5 heteroatoms. The topological polar surface area (TPSA) is 52.7 Å². The normalized spacial score (nSPS) is 18.7. The number of benzene rings is 1. The van der Waals surface area contributed by atoms with Crippen molar-refractivity contribution in [2.75, 3.05) is 26.2 Å². The van der Waals surface area contributed by atoms with E-state index in [1.165, 1.54) is 18.4 Å². The van der Waals surface area contributed by atoms with Gasteiger partial charge in [-0.2, -0.15) is 0 Å². The predicted molar refractivity (Wildman–Crippen MR) is 93.8 cm³/mol. The maximum Gasteiger partial charge on any atom is 0.317 e. The van der Waals surface area contributed by atoms with Gasteiger partial charge in [-0.1, -0.05) is 42.7 Å². The van der Waals surface area contributed by atoms with Crippen LogP contribution in [0.15, 0.2) is 24.3 Å². The number of nitrogens with zero attached hydrogens (tertiary/aromatic N) is 2. The molecule has 0 spiro atoms. The van der Waals surface area contributed by atoms with Crippen molar-refractivity contribution >= 4 is 11.9 Å². The zero-order valence-corrected chi connectivity index (χ0v) is 14.5. The van der Waals surface area contributed by atoms with Crippen LogP contribution in [-0.4, -0.2) is 54.0 Å². The highest BCUT2D eigenvalue weighted by Crippen LogP contribution is 2.18. The number of urea groups is 1. The molecule has 1 aromatic carbocycles. The van der Waals surface area contributed by atoms with Gasteiger partial charge < -0.3 is 15.1 Å². The van der Waals surface area contributed by atoms with Gasteiger partial charge in [0.2, 0.25) is 5.91 Å². The smallest absolute Gasteiger partial charge is 0.317 e. The Balaban J connectivity index is 1.45. The average molecular weight is 329 g/mol. The van der Waals surface area contributed by atoms with Crippen molar-refractivity contribution < 1.29 is 9.59 Å². The van der Waals surface area contributed by atoms with E-state index in [0.29, 0.717) is 38.6 Å². The first kappa shape index (κ1) is 16.8. The van der Waals surface area contributed by atoms with E-state index < -0.39 is 0 Å². The molecule has 1 saturated heterocycles. The minimum Gasteiger partial charge on any atom is -0.339 e. The molecule has 0 atom stereocenters. The lowest BCUT2D eigenvalue weighted by Crippen LogP contribution is -2.54. The van der Waals surface area contributed by atoms with E-state index >= 15 is 0 Å². The molecule has 24 heavy (non-hydrogen) atoms. The van der Waals surface area contributed by atoms with Gasteiger partial charge in [0.15, 0.2) is 0 Å². The summed E-state index contributed by atoms with van der Waals surface area (Å²) in [5.41, 5.74) is 2.23. The molecule has 130 valence electrons. The lowest BCUT2D eigenvalue weighted by molar-refractivity contribution is -0.131. The largest absolute Gasteiger partial charge is 0.339 e. The maximum atomic E-state index is 12.4. The Morgan fingerprint density at radius 2 is 1.75 bits per heavy atom. The van der Waals surface area contributed by atoms with Gasteiger partial charge in [-0.3, -0.25) is 4.79 Å². The number of hydrogen-bond donors (Lipinski definition) is 1. The number of amides is 3. The number of carbonyl (C=O) groups is 2. The Hall–Kier alpha value is -2.04. The van der Waals surface area contributed by atoms with E-state index in [4.69, 9.17) is 0 Å². The van der Waals surface area contributed by atoms with E-state index in [0.717, 1.165) is 18.4 Å². The number of hydrogen-bond acceptors (Lipinski definition) is 2. The summed E-state index contributed by atoms with van der Waals surface area (Å²) < 4.78 is 0. The van der Waals surface area contributed by atoms with Crippen LogP contribution in [-0.2, 0) is 11.2 Å². The molecule has 0 unspecified atom stereocenters. The summed E-state index contributed by atoms with van der Waals surface area (Å²) in [6.45, 7) is 4.54. The van der Waals surface area contributed by atoms with Crippen LogP contribution >= 0.6 is 0 Å². The van der Waals surface area contributed by atoms with E-state index in [-0.39, 0.29) is 11.9 Å². The number of piperazine rings is 1. The first-order valence-corrected chi connectivity index (χ1v) is 9.00. The second-order valence-corrected chi connectivity index (χ2v) is 6.96. The van der Waals surface area contributed by atoms with Crippen molar-refractivity contribution in [1.29, 1.82) is 0 Å². The zero-order valence-electron chi connectivity index (χ0n) is 14.5. The molecule has 1 N–H and O–H groups in total. The van der Waals surface area contributed by atoms with Crippen molar-refractivity contribution in [3.8, 4) is 0 Å². The Kier molecular flexibility index (Phi) is 5.38. The minimum absolute atomic E-state index is 0.0349. The van der Waals surface area contributed by atoms with E-state index in [1.807, 2.05) is 34.9 Å². The highest BCUT2D eigenvalue weighted by molar-refractivity contribution is 5.79. The van der Waals surface area contributed by atoms with Crippen LogP contribution in [0.1, 0.15) is 36.8 Å². The molecule has 0 bridgehead atoms. The predicted octanol–water partition coefficient (Wildman–Crippen LogP) is 2.33. The molecule has 3 amide bonds. The van der Waals surface area contributed by atoms with Gasteiger partial charge >= 0.3 is 6.03 Å². The van der Waals surface area contributed by atoms with E-state index in [2.05, 4.69) is 11.4 Å². The first-order valence-electron chi connectivity index (χ1n) is 9.00. The van der Waals surface area contributed by atoms with E-state index in [1.54, 1.807) is 0 Å². The van der Waals surface area contributed by atoms with Gasteiger partial charge in [0.05, 0.1) is 6.42 Å². The van der Waals surface area contributed by atoms with Crippen molar-refractivity contribution in [3.05, 3.63) is 35.4 Å². The lowest BCUT2D eigenvalue weighted by atomic mass is 10.1. The molecule has 3 rings (SSSR count). The fraction of sp³-hybridized carbons (Fsp3) is 0.579. The summed E-state index contributed by atoms with van der Waals surface area (Å²) in [5.74, 6) is 0.149. The number of rotatable bonds is 3. The summed E-state index contributed by atoms with van der Waals surface area (Å²) in [6.07, 6.45) is 5.07. The minimum atomic E-state index is 0.0349. The highest BCUT2D eigenvalue weighted by atomic mass is 16.2. The number of nitrogens with one attached hydrogen (secondary N) is 1. The van der Waals surface area contributed by atoms with Crippen LogP contribution in [0.25, 0.3) is 0 Å². The van der Waals surface area contributed by atoms with Crippen LogP contribution in [0, 0.1) is 6.92 Å². The SMILES string of the molecule is Cc1cccc(CC(=O)N2CCN(C(=O)NC3CCCC3)CC2)c1. The molecule has 2 fully saturated rings. The Morgan fingerprint density at radius 1 is 1.08 bits per heavy atom. The second kappa shape index (κ2) is 7.69. The molecular weight excluding hydrogens is 302 g/mol. The van der Waals surface area contributed by atoms with Crippen LogP contribution in [0.4, 0.5) is 4.79 Å². The standard InChI is InChI=1S/C19H27N3O2/c1-15-5-4-6-16(13-15)14-18(23)21-9-11-22(12-10-21)19(24)20-17-7-2-3-8-17/h4-6,13,17H,2-3,7-12,14H2,1H3,(H,20,24). The molecule has 1 aromatic rings. The fourth-order valence-corrected chi connectivity index (χ4v) is 3.60. The van der Waals surface area contributed by atoms with Gasteiger partial charge in [-0.25, -0.2) is 4.79 Å². The van der Waals surface area contributed by atoms with Gasteiger partial charge in [-0.05, 0) is 25.3 Å². The lowest BCUT2D eigenvalue weighted by Gasteiger charge is -2.35. The van der Waals surface area contributed by atoms with E-state index in [9.17, 15) is 9.59 Å². The quantitative estimate of drug-likeness (QED) is 0.925. The summed E-state index contributed by atoms with van der Waals surface area (Å²) in [4.78, 5) is 28.4. The Labute approximate surface area is 144 Å². The summed E-state index contributed by atoms with van der Waals surface area (Å²) >= 11 is 0. The van der Waals surface area contributed by atoms with Crippen molar-refractivity contribution in [3.63, 3.8) is 0 Å². The molecule has 1 saturated carbocycles. The third kappa shape index (κ3) is 4.28. The molecule has 0 radical (unpaired) electrons. The Bertz CT molecular complexity index is 588. The molecule has 2 aliphatic rings. The highest BCUT2D eigenvalue weighted by Gasteiger charge is 2.26. The third-order valence-corrected chi connectivity index (χ3v) is 5.04. The zero-order chi connectivity index (χ0) is 16.9. The van der Waals surface area contributed by atoms with Crippen molar-refractivity contribution in [2.45, 2.75) is 45.1 Å². The summed E-state index contributed by atoms with van der Waals surface area (Å²) in [5, 5.41) is 3.12. The molecule has 0 aromatic heterocycles. The second-order valence-electron chi connectivity index (χ2n) is 6.96. The molecule has 1 heterocycles. The molecular formula is C19H27N3O2. The Morgan fingerprint density at radius 3 is 2.42 bits per heavy atom. The summed E-state index contributed by atoms with van der Waals surface area (Å²) in [7, 11) is 0. The monoisotopic (exact) mass is 329 g/mol. The van der Waals surface area contributed by atoms with Crippen LogP contribution in [0.5, 0.6) is 0 Å². The third-order valence-electron chi connectivity index (χ3n) is 5.04. The van der Waals surface area contributed by atoms with Crippen LogP contribution < -0.4 is 5.32 Å². The number of aryl methyl sites for hydroxylation is 1. The fourth-order valence-electron chi connectivity index (χ4n) is 3.60. The molecule has 5 nitrogen and oxygen atoms in total.